The van der Waals surface area contributed by atoms with Crippen molar-refractivity contribution in [1.82, 2.24) is 25.0 Å². The topological polar surface area (TPSA) is 63.1 Å². The van der Waals surface area contributed by atoms with Crippen LogP contribution in [-0.2, 0) is 11.3 Å². The van der Waals surface area contributed by atoms with Crippen LogP contribution in [0.2, 0.25) is 0 Å². The zero-order valence-electron chi connectivity index (χ0n) is 14.2. The van der Waals surface area contributed by atoms with Crippen LogP contribution in [0.5, 0.6) is 0 Å². The molecule has 124 valence electrons. The van der Waals surface area contributed by atoms with Crippen LogP contribution in [0, 0.1) is 5.92 Å². The molecule has 2 heterocycles. The Morgan fingerprint density at radius 1 is 1.36 bits per heavy atom. The molecular weight excluding hydrogens is 278 g/mol. The van der Waals surface area contributed by atoms with E-state index in [0.717, 1.165) is 38.3 Å². The lowest BCUT2D eigenvalue weighted by Crippen LogP contribution is -2.40. The van der Waals surface area contributed by atoms with Gasteiger partial charge in [-0.2, -0.15) is 5.10 Å². The Morgan fingerprint density at radius 2 is 2.05 bits per heavy atom. The second kappa shape index (κ2) is 7.72. The number of rotatable bonds is 6. The van der Waals surface area contributed by atoms with Gasteiger partial charge >= 0.3 is 0 Å². The first-order chi connectivity index (χ1) is 10.5. The molecule has 1 N–H and O–H groups in total. The van der Waals surface area contributed by atoms with E-state index in [4.69, 9.17) is 0 Å². The van der Waals surface area contributed by atoms with E-state index in [-0.39, 0.29) is 11.9 Å². The van der Waals surface area contributed by atoms with Crippen molar-refractivity contribution in [1.29, 1.82) is 0 Å². The monoisotopic (exact) mass is 307 g/mol. The zero-order chi connectivity index (χ0) is 16.1. The fourth-order valence-corrected chi connectivity index (χ4v) is 3.15. The third-order valence-electron chi connectivity index (χ3n) is 4.56. The van der Waals surface area contributed by atoms with Crippen LogP contribution in [0.3, 0.4) is 0 Å². The van der Waals surface area contributed by atoms with Crippen molar-refractivity contribution in [3.8, 4) is 0 Å². The number of carbonyl (C=O) groups excluding carboxylic acids is 1. The Balaban J connectivity index is 1.79. The fraction of sp³-hybridized carbons (Fsp3) is 0.812. The molecule has 0 spiro atoms. The van der Waals surface area contributed by atoms with Gasteiger partial charge in [-0.25, -0.2) is 9.67 Å². The number of carbonyl (C=O) groups is 1. The number of nitrogens with zero attached hydrogens (tertiary/aromatic N) is 4. The highest BCUT2D eigenvalue weighted by molar-refractivity contribution is 5.76. The van der Waals surface area contributed by atoms with E-state index in [9.17, 15) is 4.79 Å². The predicted octanol–water partition coefficient (Wildman–Crippen LogP) is 1.99. The van der Waals surface area contributed by atoms with Crippen molar-refractivity contribution >= 4 is 5.91 Å². The summed E-state index contributed by atoms with van der Waals surface area (Å²) in [4.78, 5) is 19.0. The predicted molar refractivity (Wildman–Crippen MR) is 86.3 cm³/mol. The number of amides is 1. The molecule has 0 bridgehead atoms. The Kier molecular flexibility index (Phi) is 5.94. The van der Waals surface area contributed by atoms with Crippen molar-refractivity contribution in [2.24, 2.45) is 5.92 Å². The molecule has 1 atom stereocenters. The quantitative estimate of drug-likeness (QED) is 0.873. The van der Waals surface area contributed by atoms with E-state index in [2.05, 4.69) is 34.1 Å². The highest BCUT2D eigenvalue weighted by Crippen LogP contribution is 2.22. The summed E-state index contributed by atoms with van der Waals surface area (Å²) in [5, 5.41) is 7.21. The number of hydrogen-bond donors (Lipinski definition) is 1. The van der Waals surface area contributed by atoms with E-state index >= 15 is 0 Å². The first kappa shape index (κ1) is 16.9. The van der Waals surface area contributed by atoms with Gasteiger partial charge in [0, 0.05) is 19.0 Å². The highest BCUT2D eigenvalue weighted by atomic mass is 16.1. The third-order valence-corrected chi connectivity index (χ3v) is 4.56. The molecule has 22 heavy (non-hydrogen) atoms. The van der Waals surface area contributed by atoms with Crippen molar-refractivity contribution in [3.05, 3.63) is 12.2 Å². The molecule has 1 aromatic rings. The van der Waals surface area contributed by atoms with Crippen LogP contribution >= 0.6 is 0 Å². The second-order valence-corrected chi connectivity index (χ2v) is 6.50. The molecule has 1 saturated heterocycles. The molecule has 2 rings (SSSR count). The first-order valence-corrected chi connectivity index (χ1v) is 8.42. The van der Waals surface area contributed by atoms with Crippen LogP contribution in [0.25, 0.3) is 0 Å². The standard InChI is InChI=1S/C16H29N5O/c1-5-21-16(17-11-18-21)13(4)19-15(22)10-14-6-8-20(9-7-14)12(2)3/h11-14H,5-10H2,1-4H3,(H,19,22)/t13-/m0/s1. The number of hydrogen-bond acceptors (Lipinski definition) is 4. The Morgan fingerprint density at radius 3 is 2.64 bits per heavy atom. The minimum atomic E-state index is -0.0919. The van der Waals surface area contributed by atoms with Gasteiger partial charge < -0.3 is 10.2 Å². The zero-order valence-corrected chi connectivity index (χ0v) is 14.2. The maximum atomic E-state index is 12.2. The SMILES string of the molecule is CCn1ncnc1[C@H](C)NC(=O)CC1CCN(C(C)C)CC1. The van der Waals surface area contributed by atoms with E-state index in [1.165, 1.54) is 0 Å². The van der Waals surface area contributed by atoms with Gasteiger partial charge in [-0.05, 0) is 59.5 Å². The van der Waals surface area contributed by atoms with E-state index in [0.29, 0.717) is 18.4 Å². The van der Waals surface area contributed by atoms with Gasteiger partial charge in [-0.3, -0.25) is 4.79 Å². The molecule has 6 heteroatoms. The van der Waals surface area contributed by atoms with Crippen LogP contribution in [0.15, 0.2) is 6.33 Å². The molecule has 1 fully saturated rings. The van der Waals surface area contributed by atoms with E-state index in [1.807, 2.05) is 18.5 Å². The Bertz CT molecular complexity index is 477. The molecule has 1 aromatic heterocycles. The summed E-state index contributed by atoms with van der Waals surface area (Å²) in [5.41, 5.74) is 0. The summed E-state index contributed by atoms with van der Waals surface area (Å²) in [7, 11) is 0. The second-order valence-electron chi connectivity index (χ2n) is 6.50. The average molecular weight is 307 g/mol. The van der Waals surface area contributed by atoms with Crippen molar-refractivity contribution in [2.45, 2.75) is 65.6 Å². The summed E-state index contributed by atoms with van der Waals surface area (Å²) < 4.78 is 1.83. The molecule has 0 aliphatic carbocycles. The van der Waals surface area contributed by atoms with Gasteiger partial charge in [0.15, 0.2) is 0 Å². The van der Waals surface area contributed by atoms with Gasteiger partial charge in [0.25, 0.3) is 0 Å². The minimum absolute atomic E-state index is 0.0919. The lowest BCUT2D eigenvalue weighted by molar-refractivity contribution is -0.123. The van der Waals surface area contributed by atoms with Crippen LogP contribution in [0.1, 0.15) is 58.8 Å². The molecule has 1 aliphatic rings. The van der Waals surface area contributed by atoms with Gasteiger partial charge in [-0.15, -0.1) is 0 Å². The minimum Gasteiger partial charge on any atom is -0.346 e. The maximum absolute atomic E-state index is 12.2. The molecule has 0 aromatic carbocycles. The van der Waals surface area contributed by atoms with E-state index in [1.54, 1.807) is 6.33 Å². The third kappa shape index (κ3) is 4.29. The van der Waals surface area contributed by atoms with E-state index < -0.39 is 0 Å². The van der Waals surface area contributed by atoms with Crippen molar-refractivity contribution in [2.75, 3.05) is 13.1 Å². The van der Waals surface area contributed by atoms with Gasteiger partial charge in [-0.1, -0.05) is 0 Å². The van der Waals surface area contributed by atoms with Crippen LogP contribution in [0.4, 0.5) is 0 Å². The molecular formula is C16H29N5O. The molecule has 6 nitrogen and oxygen atoms in total. The summed E-state index contributed by atoms with van der Waals surface area (Å²) in [5.74, 6) is 1.46. The summed E-state index contributed by atoms with van der Waals surface area (Å²) in [6, 6.07) is 0.515. The summed E-state index contributed by atoms with van der Waals surface area (Å²) in [6.45, 7) is 11.4. The van der Waals surface area contributed by atoms with Crippen LogP contribution < -0.4 is 5.32 Å². The lowest BCUT2D eigenvalue weighted by Gasteiger charge is -2.34. The largest absolute Gasteiger partial charge is 0.346 e. The van der Waals surface area contributed by atoms with Crippen molar-refractivity contribution in [3.63, 3.8) is 0 Å². The lowest BCUT2D eigenvalue weighted by atomic mass is 9.92. The average Bonchev–Trinajstić information content (AvgIpc) is 2.96. The maximum Gasteiger partial charge on any atom is 0.220 e. The smallest absolute Gasteiger partial charge is 0.220 e. The number of aromatic nitrogens is 3. The molecule has 0 radical (unpaired) electrons. The Hall–Kier alpha value is -1.43. The molecule has 0 saturated carbocycles. The number of likely N-dealkylation sites (tertiary alicyclic amines) is 1. The number of aryl methyl sites for hydroxylation is 1. The van der Waals surface area contributed by atoms with Gasteiger partial charge in [0.2, 0.25) is 5.91 Å². The van der Waals surface area contributed by atoms with Crippen LogP contribution in [-0.4, -0.2) is 44.7 Å². The van der Waals surface area contributed by atoms with Gasteiger partial charge in [0.05, 0.1) is 6.04 Å². The summed E-state index contributed by atoms with van der Waals surface area (Å²) >= 11 is 0. The van der Waals surface area contributed by atoms with Gasteiger partial charge in [0.1, 0.15) is 12.2 Å². The first-order valence-electron chi connectivity index (χ1n) is 8.42. The number of nitrogens with one attached hydrogen (secondary N) is 1. The molecule has 1 amide bonds. The number of piperidine rings is 1. The normalized spacial score (nSPS) is 18.6. The highest BCUT2D eigenvalue weighted by Gasteiger charge is 2.24. The fourth-order valence-electron chi connectivity index (χ4n) is 3.15. The molecule has 0 unspecified atom stereocenters. The Labute approximate surface area is 133 Å². The van der Waals surface area contributed by atoms with Crippen molar-refractivity contribution < 1.29 is 4.79 Å². The summed E-state index contributed by atoms with van der Waals surface area (Å²) in [6.07, 6.45) is 4.40. The molecule has 1 aliphatic heterocycles.